The van der Waals surface area contributed by atoms with Crippen molar-refractivity contribution in [3.8, 4) is 17.1 Å². The maximum Gasteiger partial charge on any atom is 0.181 e. The van der Waals surface area contributed by atoms with Crippen LogP contribution in [0, 0.1) is 0 Å². The number of benzene rings is 2. The van der Waals surface area contributed by atoms with Crippen LogP contribution in [0.1, 0.15) is 0 Å². The molecule has 0 saturated heterocycles. The molecule has 0 bridgehead atoms. The highest BCUT2D eigenvalue weighted by molar-refractivity contribution is 9.10. The van der Waals surface area contributed by atoms with Crippen LogP contribution >= 0.6 is 15.9 Å². The molecule has 4 heteroatoms. The smallest absolute Gasteiger partial charge is 0.181 e. The van der Waals surface area contributed by atoms with Gasteiger partial charge >= 0.3 is 0 Å². The molecule has 88 valence electrons. The Morgan fingerprint density at radius 1 is 0.944 bits per heavy atom. The molecule has 0 aliphatic carbocycles. The van der Waals surface area contributed by atoms with E-state index in [1.807, 2.05) is 54.6 Å². The summed E-state index contributed by atoms with van der Waals surface area (Å²) < 4.78 is 2.80. The summed E-state index contributed by atoms with van der Waals surface area (Å²) in [6.45, 7) is 0. The second-order valence-electron chi connectivity index (χ2n) is 3.86. The molecule has 18 heavy (non-hydrogen) atoms. The van der Waals surface area contributed by atoms with Crippen LogP contribution in [-0.4, -0.2) is 14.8 Å². The van der Waals surface area contributed by atoms with E-state index in [-0.39, 0.29) is 0 Å². The molecular formula is C14H10BrN3. The minimum absolute atomic E-state index is 0.732. The van der Waals surface area contributed by atoms with Gasteiger partial charge in [-0.1, -0.05) is 52.3 Å². The average molecular weight is 300 g/mol. The van der Waals surface area contributed by atoms with Crippen molar-refractivity contribution in [2.24, 2.45) is 0 Å². The maximum atomic E-state index is 4.48. The molecule has 3 rings (SSSR count). The minimum Gasteiger partial charge on any atom is -0.220 e. The van der Waals surface area contributed by atoms with E-state index in [2.05, 4.69) is 26.0 Å². The molecule has 3 aromatic rings. The van der Waals surface area contributed by atoms with Crippen molar-refractivity contribution in [1.29, 1.82) is 0 Å². The third kappa shape index (κ3) is 2.19. The van der Waals surface area contributed by atoms with E-state index >= 15 is 0 Å². The van der Waals surface area contributed by atoms with Gasteiger partial charge in [-0.2, -0.15) is 0 Å². The third-order valence-electron chi connectivity index (χ3n) is 2.60. The van der Waals surface area contributed by atoms with Crippen molar-refractivity contribution in [2.45, 2.75) is 0 Å². The number of hydrogen-bond donors (Lipinski definition) is 0. The zero-order valence-corrected chi connectivity index (χ0v) is 11.1. The normalized spacial score (nSPS) is 10.5. The van der Waals surface area contributed by atoms with Crippen molar-refractivity contribution in [1.82, 2.24) is 14.8 Å². The standard InChI is InChI=1S/C14H10BrN3/c15-12-7-4-8-13(9-12)18-10-16-14(17-18)11-5-2-1-3-6-11/h1-10H. The van der Waals surface area contributed by atoms with Crippen LogP contribution in [0.25, 0.3) is 17.1 Å². The van der Waals surface area contributed by atoms with Gasteiger partial charge in [0, 0.05) is 10.0 Å². The third-order valence-corrected chi connectivity index (χ3v) is 3.09. The second kappa shape index (κ2) is 4.74. The monoisotopic (exact) mass is 299 g/mol. The Morgan fingerprint density at radius 2 is 1.78 bits per heavy atom. The van der Waals surface area contributed by atoms with E-state index in [0.29, 0.717) is 0 Å². The molecule has 0 amide bonds. The van der Waals surface area contributed by atoms with E-state index in [9.17, 15) is 0 Å². The summed E-state index contributed by atoms with van der Waals surface area (Å²) in [5.41, 5.74) is 2.00. The first-order chi connectivity index (χ1) is 8.83. The molecule has 1 heterocycles. The largest absolute Gasteiger partial charge is 0.220 e. The zero-order valence-electron chi connectivity index (χ0n) is 9.49. The van der Waals surface area contributed by atoms with Crippen molar-refractivity contribution in [3.63, 3.8) is 0 Å². The van der Waals surface area contributed by atoms with Gasteiger partial charge in [-0.3, -0.25) is 0 Å². The highest BCUT2D eigenvalue weighted by Gasteiger charge is 2.04. The summed E-state index contributed by atoms with van der Waals surface area (Å²) in [7, 11) is 0. The summed E-state index contributed by atoms with van der Waals surface area (Å²) in [5, 5.41) is 4.48. The lowest BCUT2D eigenvalue weighted by atomic mass is 10.2. The van der Waals surface area contributed by atoms with E-state index < -0.39 is 0 Å². The van der Waals surface area contributed by atoms with Crippen molar-refractivity contribution >= 4 is 15.9 Å². The molecule has 0 atom stereocenters. The van der Waals surface area contributed by atoms with Gasteiger partial charge in [0.2, 0.25) is 0 Å². The lowest BCUT2D eigenvalue weighted by Crippen LogP contribution is -1.94. The van der Waals surface area contributed by atoms with E-state index in [1.165, 1.54) is 0 Å². The number of nitrogens with zero attached hydrogens (tertiary/aromatic N) is 3. The molecule has 0 spiro atoms. The Hall–Kier alpha value is -1.94. The lowest BCUT2D eigenvalue weighted by Gasteiger charge is -2.00. The Balaban J connectivity index is 2.00. The number of rotatable bonds is 2. The molecule has 2 aromatic carbocycles. The van der Waals surface area contributed by atoms with Crippen molar-refractivity contribution in [3.05, 3.63) is 65.4 Å². The van der Waals surface area contributed by atoms with Gasteiger partial charge in [-0.15, -0.1) is 5.10 Å². The molecule has 0 aliphatic rings. The minimum atomic E-state index is 0.732. The Labute approximate surface area is 113 Å². The maximum absolute atomic E-state index is 4.48. The predicted molar refractivity (Wildman–Crippen MR) is 74.5 cm³/mol. The summed E-state index contributed by atoms with van der Waals surface area (Å²) >= 11 is 3.45. The van der Waals surface area contributed by atoms with Gasteiger partial charge in [-0.05, 0) is 18.2 Å². The molecule has 0 unspecified atom stereocenters. The van der Waals surface area contributed by atoms with Crippen LogP contribution in [-0.2, 0) is 0 Å². The Morgan fingerprint density at radius 3 is 2.56 bits per heavy atom. The van der Waals surface area contributed by atoms with Crippen LogP contribution in [0.5, 0.6) is 0 Å². The van der Waals surface area contributed by atoms with E-state index in [4.69, 9.17) is 0 Å². The summed E-state index contributed by atoms with van der Waals surface area (Å²) in [6, 6.07) is 17.9. The van der Waals surface area contributed by atoms with E-state index in [0.717, 1.165) is 21.5 Å². The first kappa shape index (κ1) is 11.2. The second-order valence-corrected chi connectivity index (χ2v) is 4.77. The quantitative estimate of drug-likeness (QED) is 0.722. The average Bonchev–Trinajstić information content (AvgIpc) is 2.89. The van der Waals surface area contributed by atoms with Gasteiger partial charge in [0.25, 0.3) is 0 Å². The van der Waals surface area contributed by atoms with Crippen molar-refractivity contribution in [2.75, 3.05) is 0 Å². The molecule has 3 nitrogen and oxygen atoms in total. The summed E-state index contributed by atoms with van der Waals surface area (Å²) in [5.74, 6) is 0.732. The number of aromatic nitrogens is 3. The van der Waals surface area contributed by atoms with Crippen LogP contribution < -0.4 is 0 Å². The number of halogens is 1. The lowest BCUT2D eigenvalue weighted by molar-refractivity contribution is 0.881. The van der Waals surface area contributed by atoms with E-state index in [1.54, 1.807) is 11.0 Å². The Bertz CT molecular complexity index is 662. The number of hydrogen-bond acceptors (Lipinski definition) is 2. The zero-order chi connectivity index (χ0) is 12.4. The SMILES string of the molecule is Brc1cccc(-n2cnc(-c3ccccc3)n2)c1. The van der Waals surface area contributed by atoms with Gasteiger partial charge in [0.05, 0.1) is 5.69 Å². The van der Waals surface area contributed by atoms with Crippen molar-refractivity contribution < 1.29 is 0 Å². The fourth-order valence-electron chi connectivity index (χ4n) is 1.73. The van der Waals surface area contributed by atoms with Crippen LogP contribution in [0.4, 0.5) is 0 Å². The molecule has 0 fully saturated rings. The Kier molecular flexibility index (Phi) is 2.94. The molecular weight excluding hydrogens is 290 g/mol. The van der Waals surface area contributed by atoms with Gasteiger partial charge in [0.1, 0.15) is 6.33 Å². The molecule has 0 saturated carbocycles. The highest BCUT2D eigenvalue weighted by atomic mass is 79.9. The van der Waals surface area contributed by atoms with Crippen LogP contribution in [0.3, 0.4) is 0 Å². The van der Waals surface area contributed by atoms with Crippen LogP contribution in [0.15, 0.2) is 65.4 Å². The molecule has 0 N–H and O–H groups in total. The fourth-order valence-corrected chi connectivity index (χ4v) is 2.11. The molecule has 0 radical (unpaired) electrons. The highest BCUT2D eigenvalue weighted by Crippen LogP contribution is 2.17. The first-order valence-electron chi connectivity index (χ1n) is 5.56. The van der Waals surface area contributed by atoms with Gasteiger partial charge in [0.15, 0.2) is 5.82 Å². The molecule has 0 aliphatic heterocycles. The predicted octanol–water partition coefficient (Wildman–Crippen LogP) is 3.70. The topological polar surface area (TPSA) is 30.7 Å². The summed E-state index contributed by atoms with van der Waals surface area (Å²) in [6.07, 6.45) is 1.73. The van der Waals surface area contributed by atoms with Crippen LogP contribution in [0.2, 0.25) is 0 Å². The summed E-state index contributed by atoms with van der Waals surface area (Å²) in [4.78, 5) is 4.33. The first-order valence-corrected chi connectivity index (χ1v) is 6.35. The van der Waals surface area contributed by atoms with Gasteiger partial charge < -0.3 is 0 Å². The van der Waals surface area contributed by atoms with Gasteiger partial charge in [-0.25, -0.2) is 9.67 Å². The fraction of sp³-hybridized carbons (Fsp3) is 0. The molecule has 1 aromatic heterocycles.